The van der Waals surface area contributed by atoms with Crippen LogP contribution in [0.2, 0.25) is 5.02 Å². The molecule has 1 aromatic carbocycles. The van der Waals surface area contributed by atoms with Crippen molar-refractivity contribution >= 4 is 33.9 Å². The Bertz CT molecular complexity index is 2190. The Morgan fingerprint density at radius 2 is 1.58 bits per heavy atom. The molecule has 0 fully saturated rings. The number of hydrogen-bond donors (Lipinski definition) is 4. The molecule has 0 unspecified atom stereocenters. The molecule has 10 nitrogen and oxygen atoms in total. The number of aromatic hydroxyl groups is 1. The second-order valence-corrected chi connectivity index (χ2v) is 9.16. The predicted molar refractivity (Wildman–Crippen MR) is 128 cm³/mol. The summed E-state index contributed by atoms with van der Waals surface area (Å²) < 4.78 is 4.86. The van der Waals surface area contributed by atoms with E-state index in [4.69, 9.17) is 16.3 Å². The highest BCUT2D eigenvalue weighted by molar-refractivity contribution is 6.37. The number of halogens is 1. The Labute approximate surface area is 202 Å². The zero-order valence-electron chi connectivity index (χ0n) is 18.3. The number of H-pyrrole nitrogens is 1. The maximum Gasteiger partial charge on any atom is 0.259 e. The highest BCUT2D eigenvalue weighted by Crippen LogP contribution is 2.56. The van der Waals surface area contributed by atoms with E-state index >= 15 is 0 Å². The number of benzene rings is 1. The quantitative estimate of drug-likeness (QED) is 0.256. The Balaban J connectivity index is 1.90. The first-order valence-electron chi connectivity index (χ1n) is 10.7. The van der Waals surface area contributed by atoms with Gasteiger partial charge in [-0.3, -0.25) is 24.0 Å². The molecule has 6 rings (SSSR count). The number of ether oxygens (including phenoxy) is 1. The summed E-state index contributed by atoms with van der Waals surface area (Å²) in [6, 6.07) is 2.26. The molecule has 36 heavy (non-hydrogen) atoms. The van der Waals surface area contributed by atoms with Gasteiger partial charge in [-0.05, 0) is 24.5 Å². The van der Waals surface area contributed by atoms with Crippen LogP contribution in [0.3, 0.4) is 0 Å². The fourth-order valence-corrected chi connectivity index (χ4v) is 6.07. The molecule has 1 spiro atoms. The highest BCUT2D eigenvalue weighted by atomic mass is 35.5. The number of phenolic OH excluding ortho intramolecular Hbond substituents is 1. The minimum absolute atomic E-state index is 0.0978. The van der Waals surface area contributed by atoms with Crippen LogP contribution in [0.25, 0.3) is 22.3 Å². The predicted octanol–water partition coefficient (Wildman–Crippen LogP) is -0.833. The summed E-state index contributed by atoms with van der Waals surface area (Å²) in [4.78, 5) is 67.3. The van der Waals surface area contributed by atoms with E-state index in [0.717, 1.165) is 13.2 Å². The minimum Gasteiger partial charge on any atom is -0.510 e. The first-order chi connectivity index (χ1) is 17.1. The molecular formula is C25H14ClNO9. The van der Waals surface area contributed by atoms with Crippen LogP contribution in [0, 0.1) is 10.4 Å². The van der Waals surface area contributed by atoms with E-state index in [1.165, 1.54) is 12.3 Å². The van der Waals surface area contributed by atoms with Crippen molar-refractivity contribution in [2.75, 3.05) is 7.11 Å². The summed E-state index contributed by atoms with van der Waals surface area (Å²) in [5, 5.41) is 31.3. The third-order valence-electron chi connectivity index (χ3n) is 7.28. The van der Waals surface area contributed by atoms with Crippen LogP contribution in [-0.2, 0) is 11.8 Å². The van der Waals surface area contributed by atoms with Gasteiger partial charge in [0.25, 0.3) is 5.56 Å². The number of aliphatic hydroxyl groups is 2. The maximum atomic E-state index is 13.5. The molecule has 180 valence electrons. The molecule has 2 aromatic rings. The molecule has 1 heterocycles. The Hall–Kier alpha value is -4.44. The van der Waals surface area contributed by atoms with E-state index in [0.29, 0.717) is 5.56 Å². The Kier molecular flexibility index (Phi) is 4.18. The van der Waals surface area contributed by atoms with Crippen molar-refractivity contribution in [3.8, 4) is 11.5 Å². The molecule has 0 saturated heterocycles. The molecule has 0 saturated carbocycles. The number of aromatic nitrogens is 1. The monoisotopic (exact) mass is 507 g/mol. The number of rotatable bonds is 1. The first kappa shape index (κ1) is 22.1. The number of phenols is 1. The van der Waals surface area contributed by atoms with Crippen molar-refractivity contribution in [2.45, 2.75) is 18.3 Å². The smallest absolute Gasteiger partial charge is 0.259 e. The van der Waals surface area contributed by atoms with E-state index in [2.05, 4.69) is 4.98 Å². The van der Waals surface area contributed by atoms with E-state index in [9.17, 15) is 39.3 Å². The molecule has 1 aromatic heterocycles. The second kappa shape index (κ2) is 6.82. The van der Waals surface area contributed by atoms with Crippen molar-refractivity contribution in [1.82, 2.24) is 4.98 Å². The molecule has 0 aliphatic heterocycles. The lowest BCUT2D eigenvalue weighted by Gasteiger charge is -2.27. The molecule has 0 radical (unpaired) electrons. The Morgan fingerprint density at radius 3 is 2.22 bits per heavy atom. The second-order valence-electron chi connectivity index (χ2n) is 8.78. The molecule has 4 aliphatic rings. The van der Waals surface area contributed by atoms with E-state index < -0.39 is 76.6 Å². The summed E-state index contributed by atoms with van der Waals surface area (Å²) in [5.74, 6) is -2.61. The third kappa shape index (κ3) is 2.25. The molecule has 0 amide bonds. The minimum atomic E-state index is -1.99. The number of nitrogens with one attached hydrogen (secondary N) is 1. The topological polar surface area (TPSA) is 171 Å². The van der Waals surface area contributed by atoms with Crippen molar-refractivity contribution < 1.29 is 20.1 Å². The number of aliphatic hydroxyl groups excluding tert-OH is 2. The summed E-state index contributed by atoms with van der Waals surface area (Å²) in [7, 11) is 1.12. The highest BCUT2D eigenvalue weighted by Gasteiger charge is 2.53. The SMILES string of the molecule is COc1cc(=O)c2c(=O)c3c(c(=O)c=2c1=O)=C(O)[C@]1(CCc2c1c(O)c1c(=O)[nH]ccc1c2Cl)C=3O. The van der Waals surface area contributed by atoms with Gasteiger partial charge in [-0.2, -0.15) is 0 Å². The molecule has 1 atom stereocenters. The van der Waals surface area contributed by atoms with Crippen LogP contribution < -0.4 is 42.4 Å². The first-order valence-corrected chi connectivity index (χ1v) is 11.1. The van der Waals surface area contributed by atoms with Crippen LogP contribution in [0.4, 0.5) is 0 Å². The number of hydrogen-bond acceptors (Lipinski definition) is 9. The Morgan fingerprint density at radius 1 is 0.944 bits per heavy atom. The maximum absolute atomic E-state index is 13.5. The lowest BCUT2D eigenvalue weighted by molar-refractivity contribution is 0.362. The van der Waals surface area contributed by atoms with Crippen LogP contribution in [-0.4, -0.2) is 27.4 Å². The van der Waals surface area contributed by atoms with Crippen molar-refractivity contribution in [3.05, 3.63) is 107 Å². The normalized spacial score (nSPS) is 18.4. The zero-order valence-corrected chi connectivity index (χ0v) is 19.1. The van der Waals surface area contributed by atoms with Crippen LogP contribution in [0.1, 0.15) is 17.5 Å². The fourth-order valence-electron chi connectivity index (χ4n) is 5.72. The molecule has 11 heteroatoms. The molecular weight excluding hydrogens is 494 g/mol. The van der Waals surface area contributed by atoms with E-state index in [-0.39, 0.29) is 34.2 Å². The van der Waals surface area contributed by atoms with Gasteiger partial charge in [0.2, 0.25) is 16.3 Å². The van der Waals surface area contributed by atoms with Crippen molar-refractivity contribution in [1.29, 1.82) is 0 Å². The summed E-state index contributed by atoms with van der Waals surface area (Å²) in [6.45, 7) is 0. The third-order valence-corrected chi connectivity index (χ3v) is 7.72. The molecule has 4 aliphatic carbocycles. The number of aromatic amines is 1. The zero-order chi connectivity index (χ0) is 25.8. The average Bonchev–Trinajstić information content (AvgIpc) is 3.35. The fraction of sp³-hybridized carbons (Fsp3) is 0.160. The largest absolute Gasteiger partial charge is 0.510 e. The van der Waals surface area contributed by atoms with Gasteiger partial charge < -0.3 is 25.0 Å². The van der Waals surface area contributed by atoms with Gasteiger partial charge in [-0.15, -0.1) is 0 Å². The van der Waals surface area contributed by atoms with Crippen LogP contribution >= 0.6 is 11.6 Å². The lowest BCUT2D eigenvalue weighted by Crippen LogP contribution is -2.51. The van der Waals surface area contributed by atoms with Gasteiger partial charge in [-0.25, -0.2) is 0 Å². The van der Waals surface area contributed by atoms with Crippen LogP contribution in [0.15, 0.2) is 42.3 Å². The molecule has 0 bridgehead atoms. The average molecular weight is 508 g/mol. The van der Waals surface area contributed by atoms with Gasteiger partial charge in [0.1, 0.15) is 22.7 Å². The number of methoxy groups -OCH3 is 1. The molecule has 4 N–H and O–H groups in total. The van der Waals surface area contributed by atoms with Gasteiger partial charge >= 0.3 is 0 Å². The van der Waals surface area contributed by atoms with E-state index in [1.807, 2.05) is 0 Å². The van der Waals surface area contributed by atoms with Crippen LogP contribution in [0.5, 0.6) is 11.5 Å². The number of pyridine rings is 1. The van der Waals surface area contributed by atoms with E-state index in [1.54, 1.807) is 0 Å². The number of fused-ring (bicyclic) bond motifs is 4. The standard InChI is InChI=1S/C25H14ClNO9/c1-36-10-6-9(28)12-13(18(10)29)20(31)15-14(19(12)30)22(33)25(23(15)34)4-2-8-16(25)21(32)11-7(17(8)26)3-5-27-24(11)35/h3,5-6,32-34H,2,4H2,1H3,(H,27,35)/t25-/m0/s1. The van der Waals surface area contributed by atoms with Crippen molar-refractivity contribution in [2.24, 2.45) is 0 Å². The summed E-state index contributed by atoms with van der Waals surface area (Å²) in [6.07, 6.45) is 1.32. The van der Waals surface area contributed by atoms with Crippen molar-refractivity contribution in [3.63, 3.8) is 0 Å². The van der Waals surface area contributed by atoms with Gasteiger partial charge in [0, 0.05) is 23.2 Å². The summed E-state index contributed by atoms with van der Waals surface area (Å²) >= 11 is 6.56. The van der Waals surface area contributed by atoms with Gasteiger partial charge in [-0.1, -0.05) is 11.6 Å². The van der Waals surface area contributed by atoms with Gasteiger partial charge in [0.15, 0.2) is 11.2 Å². The summed E-state index contributed by atoms with van der Waals surface area (Å²) in [5.41, 5.74) is -6.75. The van der Waals surface area contributed by atoms with Gasteiger partial charge in [0.05, 0.1) is 38.4 Å². The lowest BCUT2D eigenvalue weighted by atomic mass is 9.78.